The van der Waals surface area contributed by atoms with E-state index in [1.165, 1.54) is 13.2 Å². The molecule has 2 aliphatic rings. The Hall–Kier alpha value is -4.97. The molecule has 0 saturated carbocycles. The number of aldehydes is 1. The number of carbonyl (C=O) groups excluding carboxylic acids is 4. The molecule has 48 heavy (non-hydrogen) atoms. The van der Waals surface area contributed by atoms with Crippen molar-refractivity contribution in [2.45, 2.75) is 78.2 Å². The molecule has 2 unspecified atom stereocenters. The van der Waals surface area contributed by atoms with Crippen LogP contribution in [0, 0.1) is 26.7 Å². The lowest BCUT2D eigenvalue weighted by atomic mass is 9.86. The van der Waals surface area contributed by atoms with E-state index in [9.17, 15) is 34.2 Å². The molecule has 12 nitrogen and oxygen atoms in total. The number of carbonyl (C=O) groups is 5. The Morgan fingerprint density at radius 3 is 2.27 bits per heavy atom. The minimum atomic E-state index is -1.21. The van der Waals surface area contributed by atoms with Crippen LogP contribution < -0.4 is 5.32 Å². The summed E-state index contributed by atoms with van der Waals surface area (Å²) in [4.78, 5) is 73.7. The molecule has 0 aromatic carbocycles. The van der Waals surface area contributed by atoms with Gasteiger partial charge in [0.05, 0.1) is 24.8 Å². The number of aromatic amines is 3. The number of carboxylic acid groups (broad SMARTS) is 1. The molecule has 254 valence electrons. The number of fused-ring (bicyclic) bond motifs is 1. The average Bonchev–Trinajstić information content (AvgIpc) is 3.80. The molecule has 4 heterocycles. The van der Waals surface area contributed by atoms with Crippen LogP contribution >= 0.6 is 0 Å². The van der Waals surface area contributed by atoms with E-state index < -0.39 is 29.6 Å². The number of aromatic nitrogens is 3. The molecular weight excluding hydrogens is 616 g/mol. The van der Waals surface area contributed by atoms with E-state index in [1.807, 2.05) is 27.7 Å². The summed E-state index contributed by atoms with van der Waals surface area (Å²) in [5.74, 6) is -4.65. The Balaban J connectivity index is 1.67. The SMILES string of the molecule is C=CC1=C(C)C(C(C)c2[nH]c([C@@H]3c4[nH]c(Cc5[nH]c(C=O)c(C)c5CCO)c(C)c4C(=O)[C@H]3C(=O)OC)c(CCC(=O)O)c2C)NC1=O. The first-order chi connectivity index (χ1) is 22.8. The Morgan fingerprint density at radius 2 is 1.69 bits per heavy atom. The normalized spacial score (nSPS) is 19.4. The number of rotatable bonds is 13. The first-order valence-corrected chi connectivity index (χ1v) is 16.0. The molecule has 12 heteroatoms. The lowest BCUT2D eigenvalue weighted by molar-refractivity contribution is -0.144. The van der Waals surface area contributed by atoms with Crippen LogP contribution in [0.15, 0.2) is 23.8 Å². The van der Waals surface area contributed by atoms with Gasteiger partial charge in [0.1, 0.15) is 5.92 Å². The molecule has 0 bridgehead atoms. The molecule has 0 fully saturated rings. The second kappa shape index (κ2) is 13.3. The van der Waals surface area contributed by atoms with Crippen LogP contribution in [0.5, 0.6) is 0 Å². The Labute approximate surface area is 278 Å². The molecule has 1 aliphatic heterocycles. The van der Waals surface area contributed by atoms with Crippen LogP contribution in [0.1, 0.15) is 109 Å². The Morgan fingerprint density at radius 1 is 0.979 bits per heavy atom. The standard InChI is InChI=1S/C36H42N4O8/c1-8-20-16(3)31(40-35(20)46)19(6)30-17(4)22(9-10-26(43)44)32(39-30)28-29(36(47)48-7)34(45)27-18(5)23(38-33(27)28)13-24-21(11-12-41)15(2)25(14-42)37-24/h8,14,19,28-29,31,37-39,41H,1,9-13H2,2-7H3,(H,40,46)(H,43,44)/t19?,28-,29+,31?/m1/s1. The van der Waals surface area contributed by atoms with Gasteiger partial charge in [0.25, 0.3) is 5.91 Å². The Bertz CT molecular complexity index is 1890. The quantitative estimate of drug-likeness (QED) is 0.0907. The van der Waals surface area contributed by atoms with Gasteiger partial charge in [0.15, 0.2) is 12.1 Å². The van der Waals surface area contributed by atoms with E-state index in [1.54, 1.807) is 6.92 Å². The van der Waals surface area contributed by atoms with Crippen molar-refractivity contribution in [2.75, 3.05) is 13.7 Å². The number of aliphatic hydroxyl groups is 1. The maximum Gasteiger partial charge on any atom is 0.317 e. The molecule has 5 rings (SSSR count). The van der Waals surface area contributed by atoms with Crippen molar-refractivity contribution in [2.24, 2.45) is 5.92 Å². The first-order valence-electron chi connectivity index (χ1n) is 16.0. The van der Waals surface area contributed by atoms with Crippen LogP contribution in [-0.2, 0) is 38.4 Å². The van der Waals surface area contributed by atoms with Crippen molar-refractivity contribution in [1.82, 2.24) is 20.3 Å². The van der Waals surface area contributed by atoms with Crippen LogP contribution in [0.25, 0.3) is 0 Å². The molecule has 3 aromatic heterocycles. The van der Waals surface area contributed by atoms with Gasteiger partial charge in [0.2, 0.25) is 0 Å². The zero-order chi connectivity index (χ0) is 35.2. The lowest BCUT2D eigenvalue weighted by Crippen LogP contribution is -2.33. The van der Waals surface area contributed by atoms with Crippen molar-refractivity contribution >= 4 is 29.9 Å². The molecule has 0 radical (unpaired) electrons. The minimum Gasteiger partial charge on any atom is -0.481 e. The predicted octanol–water partition coefficient (Wildman–Crippen LogP) is 3.77. The van der Waals surface area contributed by atoms with Crippen molar-refractivity contribution in [3.05, 3.63) is 91.3 Å². The summed E-state index contributed by atoms with van der Waals surface area (Å²) in [6.45, 7) is 13.0. The molecule has 6 N–H and O–H groups in total. The van der Waals surface area contributed by atoms with Gasteiger partial charge in [-0.1, -0.05) is 19.6 Å². The second-order valence-corrected chi connectivity index (χ2v) is 12.7. The number of aliphatic carboxylic acids is 1. The number of hydrogen-bond acceptors (Lipinski definition) is 7. The number of carboxylic acids is 1. The predicted molar refractivity (Wildman–Crippen MR) is 176 cm³/mol. The summed E-state index contributed by atoms with van der Waals surface area (Å²) in [6.07, 6.45) is 2.88. The van der Waals surface area contributed by atoms with E-state index in [0.29, 0.717) is 57.9 Å². The van der Waals surface area contributed by atoms with Gasteiger partial charge in [-0.25, -0.2) is 0 Å². The smallest absolute Gasteiger partial charge is 0.317 e. The van der Waals surface area contributed by atoms with Gasteiger partial charge < -0.3 is 35.2 Å². The number of Topliss-reactive ketones (excluding diaryl/α,β-unsaturated/α-hetero) is 1. The van der Waals surface area contributed by atoms with Crippen molar-refractivity contribution < 1.29 is 38.9 Å². The molecule has 4 atom stereocenters. The number of amides is 1. The summed E-state index contributed by atoms with van der Waals surface area (Å²) < 4.78 is 5.14. The van der Waals surface area contributed by atoms with Gasteiger partial charge in [-0.3, -0.25) is 24.0 Å². The van der Waals surface area contributed by atoms with E-state index in [2.05, 4.69) is 26.8 Å². The maximum absolute atomic E-state index is 14.1. The summed E-state index contributed by atoms with van der Waals surface area (Å²) in [7, 11) is 1.23. The van der Waals surface area contributed by atoms with E-state index in [0.717, 1.165) is 39.9 Å². The van der Waals surface area contributed by atoms with E-state index in [4.69, 9.17) is 4.74 Å². The highest BCUT2D eigenvalue weighted by atomic mass is 16.5. The number of ether oxygens (including phenoxy) is 1. The van der Waals surface area contributed by atoms with Crippen molar-refractivity contribution in [1.29, 1.82) is 0 Å². The highest BCUT2D eigenvalue weighted by Gasteiger charge is 2.50. The fourth-order valence-electron chi connectivity index (χ4n) is 7.72. The van der Waals surface area contributed by atoms with Gasteiger partial charge in [0, 0.05) is 65.0 Å². The Kier molecular flexibility index (Phi) is 9.50. The number of aliphatic hydroxyl groups excluding tert-OH is 1. The fourth-order valence-corrected chi connectivity index (χ4v) is 7.72. The van der Waals surface area contributed by atoms with Crippen LogP contribution in [-0.4, -0.2) is 74.8 Å². The molecule has 1 amide bonds. The van der Waals surface area contributed by atoms with Gasteiger partial charge in [-0.05, 0) is 73.9 Å². The molecule has 1 aliphatic carbocycles. The van der Waals surface area contributed by atoms with Crippen molar-refractivity contribution in [3.63, 3.8) is 0 Å². The first kappa shape index (κ1) is 34.4. The van der Waals surface area contributed by atoms with Crippen LogP contribution in [0.4, 0.5) is 0 Å². The lowest BCUT2D eigenvalue weighted by Gasteiger charge is -2.22. The number of esters is 1. The number of H-pyrrole nitrogens is 3. The van der Waals surface area contributed by atoms with Gasteiger partial charge in [-0.15, -0.1) is 0 Å². The topological polar surface area (TPSA) is 194 Å². The highest BCUT2D eigenvalue weighted by molar-refractivity contribution is 6.14. The molecule has 3 aromatic rings. The third kappa shape index (κ3) is 5.53. The maximum atomic E-state index is 14.1. The van der Waals surface area contributed by atoms with Crippen LogP contribution in [0.3, 0.4) is 0 Å². The van der Waals surface area contributed by atoms with Gasteiger partial charge in [-0.2, -0.15) is 0 Å². The summed E-state index contributed by atoms with van der Waals surface area (Å²) in [5.41, 5.74) is 9.07. The number of ketones is 1. The third-order valence-corrected chi connectivity index (χ3v) is 10.3. The molecule has 0 spiro atoms. The molecular formula is C36H42N4O8. The largest absolute Gasteiger partial charge is 0.481 e. The zero-order valence-corrected chi connectivity index (χ0v) is 28.1. The number of hydrogen-bond donors (Lipinski definition) is 6. The molecule has 0 saturated heterocycles. The van der Waals surface area contributed by atoms with E-state index in [-0.39, 0.29) is 37.3 Å². The summed E-state index contributed by atoms with van der Waals surface area (Å²) in [6, 6.07) is -0.354. The monoisotopic (exact) mass is 658 g/mol. The highest BCUT2D eigenvalue weighted by Crippen LogP contribution is 2.47. The third-order valence-electron chi connectivity index (χ3n) is 10.3. The summed E-state index contributed by atoms with van der Waals surface area (Å²) >= 11 is 0. The number of nitrogens with one attached hydrogen (secondary N) is 4. The average molecular weight is 659 g/mol. The minimum absolute atomic E-state index is 0.105. The van der Waals surface area contributed by atoms with E-state index >= 15 is 0 Å². The summed E-state index contributed by atoms with van der Waals surface area (Å²) in [5, 5.41) is 22.4. The van der Waals surface area contributed by atoms with Crippen molar-refractivity contribution in [3.8, 4) is 0 Å². The fraction of sp³-hybridized carbons (Fsp3) is 0.417. The number of methoxy groups -OCH3 is 1. The van der Waals surface area contributed by atoms with Gasteiger partial charge >= 0.3 is 11.9 Å². The second-order valence-electron chi connectivity index (χ2n) is 12.7. The zero-order valence-electron chi connectivity index (χ0n) is 28.1. The van der Waals surface area contributed by atoms with Crippen LogP contribution in [0.2, 0.25) is 0 Å².